The largest absolute Gasteiger partial charge is 0.481 e. The number of hydrogen-bond acceptors (Lipinski definition) is 7. The minimum Gasteiger partial charge on any atom is -0.481 e. The van der Waals surface area contributed by atoms with Gasteiger partial charge in [-0.3, -0.25) is 14.9 Å². The molecule has 0 bridgehead atoms. The van der Waals surface area contributed by atoms with Gasteiger partial charge in [-0.1, -0.05) is 30.3 Å². The smallest absolute Gasteiger partial charge is 0.336 e. The molecule has 0 saturated carbocycles. The molecule has 0 amide bonds. The summed E-state index contributed by atoms with van der Waals surface area (Å²) in [6, 6.07) is 9.29. The van der Waals surface area contributed by atoms with Gasteiger partial charge >= 0.3 is 17.9 Å². The zero-order valence-electron chi connectivity index (χ0n) is 13.7. The van der Waals surface area contributed by atoms with E-state index in [9.17, 15) is 19.5 Å². The molecule has 1 aromatic rings. The Morgan fingerprint density at radius 1 is 1.16 bits per heavy atom. The van der Waals surface area contributed by atoms with Crippen LogP contribution >= 0.6 is 0 Å². The van der Waals surface area contributed by atoms with E-state index in [4.69, 9.17) is 19.7 Å². The maximum atomic E-state index is 11.8. The zero-order chi connectivity index (χ0) is 18.9. The van der Waals surface area contributed by atoms with Gasteiger partial charge in [0.25, 0.3) is 0 Å². The summed E-state index contributed by atoms with van der Waals surface area (Å²) in [5.41, 5.74) is -1.81. The van der Waals surface area contributed by atoms with Crippen molar-refractivity contribution in [2.24, 2.45) is 0 Å². The van der Waals surface area contributed by atoms with E-state index in [1.165, 1.54) is 7.05 Å². The van der Waals surface area contributed by atoms with E-state index in [-0.39, 0.29) is 13.2 Å². The Balaban J connectivity index is 2.51. The Bertz CT molecular complexity index is 591. The molecule has 1 rings (SSSR count). The van der Waals surface area contributed by atoms with Crippen molar-refractivity contribution in [3.05, 3.63) is 35.9 Å². The average Bonchev–Trinajstić information content (AvgIpc) is 2.53. The van der Waals surface area contributed by atoms with Gasteiger partial charge in [0.2, 0.25) is 0 Å². The first-order chi connectivity index (χ1) is 11.8. The molecule has 138 valence electrons. The van der Waals surface area contributed by atoms with Crippen LogP contribution in [-0.2, 0) is 30.5 Å². The Morgan fingerprint density at radius 2 is 1.80 bits per heavy atom. The number of rotatable bonds is 11. The molecular formula is C16H21NO8. The lowest BCUT2D eigenvalue weighted by molar-refractivity contribution is -0.175. The van der Waals surface area contributed by atoms with Crippen LogP contribution in [0.1, 0.15) is 18.4 Å². The fraction of sp³-hybridized carbons (Fsp3) is 0.438. The van der Waals surface area contributed by atoms with E-state index < -0.39 is 42.6 Å². The number of carbonyl (C=O) groups excluding carboxylic acids is 1. The fourth-order valence-electron chi connectivity index (χ4n) is 1.94. The molecule has 0 aliphatic rings. The summed E-state index contributed by atoms with van der Waals surface area (Å²) >= 11 is 0. The predicted molar refractivity (Wildman–Crippen MR) is 84.5 cm³/mol. The number of hydrogen-bond donors (Lipinski definition) is 4. The first kappa shape index (κ1) is 20.6. The first-order valence-electron chi connectivity index (χ1n) is 7.43. The van der Waals surface area contributed by atoms with E-state index in [1.54, 1.807) is 0 Å². The number of likely N-dealkylation sites (N-methyl/N-ethyl adjacent to an activating group) is 1. The highest BCUT2D eigenvalue weighted by Gasteiger charge is 2.41. The van der Waals surface area contributed by atoms with Gasteiger partial charge < -0.3 is 24.8 Å². The van der Waals surface area contributed by atoms with Gasteiger partial charge in [0.05, 0.1) is 26.1 Å². The minimum absolute atomic E-state index is 0.0123. The highest BCUT2D eigenvalue weighted by molar-refractivity contribution is 5.88. The number of carboxylic acids is 2. The van der Waals surface area contributed by atoms with Crippen LogP contribution in [0.3, 0.4) is 0 Å². The summed E-state index contributed by atoms with van der Waals surface area (Å²) in [7, 11) is 1.50. The maximum Gasteiger partial charge on any atom is 0.336 e. The highest BCUT2D eigenvalue weighted by atomic mass is 16.6. The molecule has 25 heavy (non-hydrogen) atoms. The third kappa shape index (κ3) is 7.29. The summed E-state index contributed by atoms with van der Waals surface area (Å²) < 4.78 is 10.4. The van der Waals surface area contributed by atoms with Crippen LogP contribution in [0.2, 0.25) is 0 Å². The predicted octanol–water partition coefficient (Wildman–Crippen LogP) is -0.0276. The van der Waals surface area contributed by atoms with E-state index in [0.29, 0.717) is 0 Å². The quantitative estimate of drug-likeness (QED) is 0.318. The molecule has 0 spiro atoms. The number of nitrogens with one attached hydrogen (secondary N) is 1. The summed E-state index contributed by atoms with van der Waals surface area (Å²) in [5.74, 6) is -4.42. The van der Waals surface area contributed by atoms with Crippen molar-refractivity contribution in [3.63, 3.8) is 0 Å². The molecule has 0 radical (unpaired) electrons. The maximum absolute atomic E-state index is 11.8. The van der Waals surface area contributed by atoms with Crippen molar-refractivity contribution in [1.29, 1.82) is 0 Å². The molecule has 0 fully saturated rings. The summed E-state index contributed by atoms with van der Waals surface area (Å²) in [6.45, 7) is 0.274. The fourth-order valence-corrected chi connectivity index (χ4v) is 1.94. The van der Waals surface area contributed by atoms with Crippen molar-refractivity contribution in [1.82, 2.24) is 5.32 Å². The van der Waals surface area contributed by atoms with E-state index in [2.05, 4.69) is 5.32 Å². The summed E-state index contributed by atoms with van der Waals surface area (Å²) in [4.78, 5) is 33.5. The molecule has 2 unspecified atom stereocenters. The van der Waals surface area contributed by atoms with Crippen molar-refractivity contribution in [3.8, 4) is 0 Å². The SMILES string of the molecule is CNC(COCc1ccccc1)OC(=O)CC(O)(CC(=O)O)C(=O)O. The molecule has 9 heteroatoms. The Kier molecular flexibility index (Phi) is 7.99. The molecule has 0 aromatic heterocycles. The zero-order valence-corrected chi connectivity index (χ0v) is 13.7. The van der Waals surface area contributed by atoms with Crippen LogP contribution in [0, 0.1) is 0 Å². The highest BCUT2D eigenvalue weighted by Crippen LogP contribution is 2.17. The van der Waals surface area contributed by atoms with E-state index in [0.717, 1.165) is 5.56 Å². The summed E-state index contributed by atoms with van der Waals surface area (Å²) in [6.07, 6.45) is -2.99. The molecule has 0 aliphatic carbocycles. The van der Waals surface area contributed by atoms with E-state index in [1.807, 2.05) is 30.3 Å². The van der Waals surface area contributed by atoms with Crippen molar-refractivity contribution < 1.29 is 39.2 Å². The summed E-state index contributed by atoms with van der Waals surface area (Å²) in [5, 5.41) is 30.1. The average molecular weight is 355 g/mol. The Hall–Kier alpha value is -2.49. The van der Waals surface area contributed by atoms with Crippen molar-refractivity contribution >= 4 is 17.9 Å². The first-order valence-corrected chi connectivity index (χ1v) is 7.43. The molecule has 2 atom stereocenters. The van der Waals surface area contributed by atoms with Gasteiger partial charge in [-0.25, -0.2) is 4.79 Å². The van der Waals surface area contributed by atoms with Crippen LogP contribution in [0.15, 0.2) is 30.3 Å². The molecule has 4 N–H and O–H groups in total. The minimum atomic E-state index is -2.73. The number of ether oxygens (including phenoxy) is 2. The number of esters is 1. The Labute approximate surface area is 144 Å². The van der Waals surface area contributed by atoms with E-state index >= 15 is 0 Å². The van der Waals surface area contributed by atoms with Crippen LogP contribution in [-0.4, -0.2) is 58.7 Å². The topological polar surface area (TPSA) is 142 Å². The van der Waals surface area contributed by atoms with Gasteiger partial charge in [0.1, 0.15) is 0 Å². The third-order valence-corrected chi connectivity index (χ3v) is 3.26. The van der Waals surface area contributed by atoms with Gasteiger partial charge in [0.15, 0.2) is 11.8 Å². The van der Waals surface area contributed by atoms with Crippen LogP contribution < -0.4 is 5.32 Å². The molecule has 1 aromatic carbocycles. The van der Waals surface area contributed by atoms with Gasteiger partial charge in [-0.2, -0.15) is 0 Å². The molecule has 0 aliphatic heterocycles. The lowest BCUT2D eigenvalue weighted by Gasteiger charge is -2.22. The van der Waals surface area contributed by atoms with Crippen LogP contribution in [0.25, 0.3) is 0 Å². The second-order valence-corrected chi connectivity index (χ2v) is 5.35. The van der Waals surface area contributed by atoms with Crippen molar-refractivity contribution in [2.75, 3.05) is 13.7 Å². The standard InChI is InChI=1S/C16H21NO8/c1-17-12(10-24-9-11-5-3-2-4-6-11)25-14(20)8-16(23,15(21)22)7-13(18)19/h2-6,12,17,23H,7-10H2,1H3,(H,18,19)(H,21,22). The third-order valence-electron chi connectivity index (χ3n) is 3.26. The lowest BCUT2D eigenvalue weighted by Crippen LogP contribution is -2.44. The number of benzene rings is 1. The van der Waals surface area contributed by atoms with Crippen molar-refractivity contribution in [2.45, 2.75) is 31.3 Å². The van der Waals surface area contributed by atoms with Gasteiger partial charge in [-0.15, -0.1) is 0 Å². The normalized spacial score (nSPS) is 14.3. The number of carbonyl (C=O) groups is 3. The number of aliphatic carboxylic acids is 2. The second kappa shape index (κ2) is 9.72. The lowest BCUT2D eigenvalue weighted by atomic mass is 9.96. The number of aliphatic hydroxyl groups is 1. The monoisotopic (exact) mass is 355 g/mol. The van der Waals surface area contributed by atoms with Crippen LogP contribution in [0.5, 0.6) is 0 Å². The molecule has 0 heterocycles. The molecule has 0 saturated heterocycles. The number of carboxylic acid groups (broad SMARTS) is 2. The molecule has 9 nitrogen and oxygen atoms in total. The second-order valence-electron chi connectivity index (χ2n) is 5.35. The van der Waals surface area contributed by atoms with Crippen LogP contribution in [0.4, 0.5) is 0 Å². The molecular weight excluding hydrogens is 334 g/mol. The van der Waals surface area contributed by atoms with Gasteiger partial charge in [0, 0.05) is 0 Å². The van der Waals surface area contributed by atoms with Gasteiger partial charge in [-0.05, 0) is 12.6 Å². The Morgan fingerprint density at radius 3 is 2.32 bits per heavy atom.